The summed E-state index contributed by atoms with van der Waals surface area (Å²) < 4.78 is 0. The minimum atomic E-state index is -0.427. The molecule has 0 fully saturated rings. The van der Waals surface area contributed by atoms with E-state index in [-0.39, 0.29) is 17.6 Å². The fourth-order valence-corrected chi connectivity index (χ4v) is 3.54. The first-order valence-corrected chi connectivity index (χ1v) is 11.3. The summed E-state index contributed by atoms with van der Waals surface area (Å²) >= 11 is 0. The third-order valence-electron chi connectivity index (χ3n) is 5.36. The minimum Gasteiger partial charge on any atom is -0.350 e. The van der Waals surface area contributed by atoms with Crippen LogP contribution in [0.5, 0.6) is 0 Å². The molecule has 5 nitrogen and oxygen atoms in total. The second-order valence-corrected chi connectivity index (χ2v) is 8.06. The molecule has 2 rings (SSSR count). The van der Waals surface area contributed by atoms with E-state index in [1.165, 1.54) is 50.7 Å². The Kier molecular flexibility index (Phi) is 10.5. The van der Waals surface area contributed by atoms with E-state index in [9.17, 15) is 14.9 Å². The van der Waals surface area contributed by atoms with E-state index < -0.39 is 4.92 Å². The molecule has 0 saturated heterocycles. The number of non-ortho nitro benzene ring substituents is 1. The molecule has 1 unspecified atom stereocenters. The van der Waals surface area contributed by atoms with Gasteiger partial charge in [0.25, 0.3) is 11.6 Å². The highest BCUT2D eigenvalue weighted by atomic mass is 16.6. The SMILES string of the molecule is CCCCCCCCCC(C)NC(=O)/C(=C\c1ccc([N+](=O)[O-])cc1)c1ccccc1. The van der Waals surface area contributed by atoms with E-state index in [2.05, 4.69) is 12.2 Å². The van der Waals surface area contributed by atoms with E-state index in [0.717, 1.165) is 24.0 Å². The van der Waals surface area contributed by atoms with Crippen molar-refractivity contribution in [3.05, 3.63) is 75.8 Å². The summed E-state index contributed by atoms with van der Waals surface area (Å²) in [5, 5.41) is 14.0. The molecule has 2 aromatic rings. The summed E-state index contributed by atoms with van der Waals surface area (Å²) in [7, 11) is 0. The van der Waals surface area contributed by atoms with Crippen LogP contribution in [0.1, 0.15) is 76.3 Å². The normalized spacial score (nSPS) is 12.4. The molecule has 0 aliphatic rings. The summed E-state index contributed by atoms with van der Waals surface area (Å²) in [5.41, 5.74) is 2.16. The number of nitro benzene ring substituents is 1. The maximum Gasteiger partial charge on any atom is 0.269 e. The Hall–Kier alpha value is -2.95. The van der Waals surface area contributed by atoms with Crippen LogP contribution in [0.3, 0.4) is 0 Å². The molecule has 0 bridgehead atoms. The van der Waals surface area contributed by atoms with Gasteiger partial charge in [0.15, 0.2) is 0 Å². The van der Waals surface area contributed by atoms with E-state index in [0.29, 0.717) is 5.57 Å². The van der Waals surface area contributed by atoms with Gasteiger partial charge in [-0.05, 0) is 42.7 Å². The summed E-state index contributed by atoms with van der Waals surface area (Å²) in [6.07, 6.45) is 11.5. The first-order valence-electron chi connectivity index (χ1n) is 11.3. The molecule has 0 saturated carbocycles. The smallest absolute Gasteiger partial charge is 0.269 e. The summed E-state index contributed by atoms with van der Waals surface area (Å²) in [6.45, 7) is 4.27. The quantitative estimate of drug-likeness (QED) is 0.127. The molecule has 31 heavy (non-hydrogen) atoms. The van der Waals surface area contributed by atoms with Gasteiger partial charge in [0.2, 0.25) is 0 Å². The molecule has 0 aromatic heterocycles. The zero-order valence-electron chi connectivity index (χ0n) is 18.7. The number of hydrogen-bond donors (Lipinski definition) is 1. The van der Waals surface area contributed by atoms with Crippen LogP contribution in [0.2, 0.25) is 0 Å². The van der Waals surface area contributed by atoms with Gasteiger partial charge >= 0.3 is 0 Å². The average Bonchev–Trinajstić information content (AvgIpc) is 2.77. The lowest BCUT2D eigenvalue weighted by Gasteiger charge is -2.16. The molecular formula is C26H34N2O3. The van der Waals surface area contributed by atoms with Crippen molar-refractivity contribution in [1.29, 1.82) is 0 Å². The maximum atomic E-state index is 13.1. The van der Waals surface area contributed by atoms with Crippen LogP contribution in [0.15, 0.2) is 54.6 Å². The number of carbonyl (C=O) groups excluding carboxylic acids is 1. The van der Waals surface area contributed by atoms with Gasteiger partial charge in [0.05, 0.1) is 4.92 Å². The van der Waals surface area contributed by atoms with Crippen molar-refractivity contribution in [2.45, 2.75) is 71.3 Å². The second kappa shape index (κ2) is 13.4. The van der Waals surface area contributed by atoms with E-state index in [4.69, 9.17) is 0 Å². The molecule has 0 aliphatic carbocycles. The highest BCUT2D eigenvalue weighted by molar-refractivity contribution is 6.24. The number of nitrogens with zero attached hydrogens (tertiary/aromatic N) is 1. The molecule has 2 aromatic carbocycles. The fraction of sp³-hybridized carbons (Fsp3) is 0.423. The standard InChI is InChI=1S/C26H34N2O3/c1-3-4-5-6-7-8-10-13-21(2)27-26(29)25(23-14-11-9-12-15-23)20-22-16-18-24(19-17-22)28(30)31/h9,11-12,14-21H,3-8,10,13H2,1-2H3,(H,27,29)/b25-20-. The van der Waals surface area contributed by atoms with Gasteiger partial charge in [-0.15, -0.1) is 0 Å². The Labute approximate surface area is 185 Å². The van der Waals surface area contributed by atoms with Gasteiger partial charge in [-0.3, -0.25) is 14.9 Å². The lowest BCUT2D eigenvalue weighted by atomic mass is 10.0. The molecular weight excluding hydrogens is 388 g/mol. The first kappa shape index (κ1) is 24.3. The fourth-order valence-electron chi connectivity index (χ4n) is 3.54. The lowest BCUT2D eigenvalue weighted by molar-refractivity contribution is -0.384. The summed E-state index contributed by atoms with van der Waals surface area (Å²) in [6, 6.07) is 15.8. The largest absolute Gasteiger partial charge is 0.350 e. The van der Waals surface area contributed by atoms with Crippen molar-refractivity contribution < 1.29 is 9.72 Å². The Bertz CT molecular complexity index is 845. The number of benzene rings is 2. The van der Waals surface area contributed by atoms with Crippen molar-refractivity contribution in [2.24, 2.45) is 0 Å². The van der Waals surface area contributed by atoms with Gasteiger partial charge in [0, 0.05) is 23.7 Å². The average molecular weight is 423 g/mol. The Morgan fingerprint density at radius 3 is 2.19 bits per heavy atom. The number of hydrogen-bond acceptors (Lipinski definition) is 3. The van der Waals surface area contributed by atoms with Crippen molar-refractivity contribution in [3.8, 4) is 0 Å². The summed E-state index contributed by atoms with van der Waals surface area (Å²) in [4.78, 5) is 23.5. The molecule has 1 amide bonds. The molecule has 0 spiro atoms. The number of nitro groups is 1. The number of nitrogens with one attached hydrogen (secondary N) is 1. The van der Waals surface area contributed by atoms with Gasteiger partial charge in [0.1, 0.15) is 0 Å². The van der Waals surface area contributed by atoms with Crippen LogP contribution >= 0.6 is 0 Å². The van der Waals surface area contributed by atoms with Gasteiger partial charge in [-0.2, -0.15) is 0 Å². The highest BCUT2D eigenvalue weighted by Crippen LogP contribution is 2.21. The lowest BCUT2D eigenvalue weighted by Crippen LogP contribution is -2.33. The summed E-state index contributed by atoms with van der Waals surface area (Å²) in [5.74, 6) is -0.125. The topological polar surface area (TPSA) is 72.2 Å². The van der Waals surface area contributed by atoms with Crippen LogP contribution in [0.25, 0.3) is 11.6 Å². The van der Waals surface area contributed by atoms with Crippen molar-refractivity contribution in [3.63, 3.8) is 0 Å². The molecule has 166 valence electrons. The zero-order chi connectivity index (χ0) is 22.5. The van der Waals surface area contributed by atoms with Crippen LogP contribution < -0.4 is 5.32 Å². The Morgan fingerprint density at radius 1 is 0.968 bits per heavy atom. The van der Waals surface area contributed by atoms with Crippen LogP contribution in [-0.4, -0.2) is 16.9 Å². The van der Waals surface area contributed by atoms with Crippen molar-refractivity contribution in [1.82, 2.24) is 5.32 Å². The van der Waals surface area contributed by atoms with Crippen LogP contribution in [-0.2, 0) is 4.79 Å². The first-order chi connectivity index (χ1) is 15.0. The Morgan fingerprint density at radius 2 is 1.58 bits per heavy atom. The zero-order valence-corrected chi connectivity index (χ0v) is 18.7. The maximum absolute atomic E-state index is 13.1. The van der Waals surface area contributed by atoms with E-state index in [1.807, 2.05) is 37.3 Å². The Balaban J connectivity index is 2.00. The monoisotopic (exact) mass is 422 g/mol. The molecule has 0 radical (unpaired) electrons. The predicted molar refractivity (Wildman–Crippen MR) is 128 cm³/mol. The molecule has 1 atom stereocenters. The van der Waals surface area contributed by atoms with E-state index in [1.54, 1.807) is 18.2 Å². The number of rotatable bonds is 13. The van der Waals surface area contributed by atoms with Crippen LogP contribution in [0, 0.1) is 10.1 Å². The van der Waals surface area contributed by atoms with E-state index >= 15 is 0 Å². The van der Waals surface area contributed by atoms with Gasteiger partial charge in [-0.25, -0.2) is 0 Å². The highest BCUT2D eigenvalue weighted by Gasteiger charge is 2.15. The molecule has 5 heteroatoms. The molecule has 0 heterocycles. The van der Waals surface area contributed by atoms with Gasteiger partial charge in [-0.1, -0.05) is 82.2 Å². The van der Waals surface area contributed by atoms with Crippen molar-refractivity contribution in [2.75, 3.05) is 0 Å². The molecule has 1 N–H and O–H groups in total. The number of unbranched alkanes of at least 4 members (excludes halogenated alkanes) is 6. The van der Waals surface area contributed by atoms with Crippen molar-refractivity contribution >= 4 is 23.2 Å². The van der Waals surface area contributed by atoms with Gasteiger partial charge < -0.3 is 5.32 Å². The minimum absolute atomic E-state index is 0.0335. The third-order valence-corrected chi connectivity index (χ3v) is 5.36. The third kappa shape index (κ3) is 8.75. The number of carbonyl (C=O) groups is 1. The predicted octanol–water partition coefficient (Wildman–Crippen LogP) is 6.78. The second-order valence-electron chi connectivity index (χ2n) is 8.06. The molecule has 0 aliphatic heterocycles. The van der Waals surface area contributed by atoms with Crippen LogP contribution in [0.4, 0.5) is 5.69 Å². The number of amides is 1.